The number of nitrogen functional groups attached to an aromatic ring is 1. The van der Waals surface area contributed by atoms with Crippen molar-refractivity contribution in [1.82, 2.24) is 9.38 Å². The number of fused-ring (bicyclic) bond motifs is 1. The van der Waals surface area contributed by atoms with Crippen LogP contribution in [0, 0.1) is 0 Å². The summed E-state index contributed by atoms with van der Waals surface area (Å²) in [6, 6.07) is 8.77. The van der Waals surface area contributed by atoms with E-state index in [0.29, 0.717) is 32.2 Å². The molecule has 0 aliphatic carbocycles. The molecule has 0 saturated heterocycles. The zero-order valence-corrected chi connectivity index (χ0v) is 11.8. The van der Waals surface area contributed by atoms with Gasteiger partial charge in [-0.05, 0) is 30.3 Å². The first-order valence-corrected chi connectivity index (χ1v) is 6.57. The number of pyridine rings is 1. The molecule has 2 heterocycles. The fourth-order valence-electron chi connectivity index (χ4n) is 1.94. The van der Waals surface area contributed by atoms with E-state index in [2.05, 4.69) is 4.98 Å². The number of hydrogen-bond acceptors (Lipinski definition) is 2. The van der Waals surface area contributed by atoms with Crippen LogP contribution in [0.1, 0.15) is 0 Å². The lowest BCUT2D eigenvalue weighted by atomic mass is 10.1. The number of imidazole rings is 1. The Hall–Kier alpha value is -1.42. The molecule has 0 aliphatic rings. The lowest BCUT2D eigenvalue weighted by molar-refractivity contribution is 1.20. The van der Waals surface area contributed by atoms with Crippen molar-refractivity contribution in [2.75, 3.05) is 5.73 Å². The molecule has 2 aromatic heterocycles. The summed E-state index contributed by atoms with van der Waals surface area (Å²) in [6.45, 7) is 0. The van der Waals surface area contributed by atoms with Crippen molar-refractivity contribution in [2.24, 2.45) is 0 Å². The molecular formula is C13H8Cl3N3. The molecule has 3 rings (SSSR count). The maximum Gasteiger partial charge on any atom is 0.139 e. The quantitative estimate of drug-likeness (QED) is 0.716. The van der Waals surface area contributed by atoms with Crippen molar-refractivity contribution in [2.45, 2.75) is 0 Å². The highest BCUT2D eigenvalue weighted by Gasteiger charge is 2.12. The van der Waals surface area contributed by atoms with Gasteiger partial charge in [-0.1, -0.05) is 34.8 Å². The van der Waals surface area contributed by atoms with Gasteiger partial charge in [0.25, 0.3) is 0 Å². The highest BCUT2D eigenvalue weighted by molar-refractivity contribution is 6.35. The molecule has 96 valence electrons. The Balaban J connectivity index is 2.27. The van der Waals surface area contributed by atoms with Crippen molar-refractivity contribution < 1.29 is 0 Å². The smallest absolute Gasteiger partial charge is 0.139 e. The lowest BCUT2D eigenvalue weighted by Gasteiger charge is -2.01. The number of nitrogens with two attached hydrogens (primary N) is 1. The van der Waals surface area contributed by atoms with Crippen LogP contribution in [-0.4, -0.2) is 9.38 Å². The average Bonchev–Trinajstić information content (AvgIpc) is 2.66. The third-order valence-corrected chi connectivity index (χ3v) is 3.42. The summed E-state index contributed by atoms with van der Waals surface area (Å²) in [6.07, 6.45) is 1.72. The minimum atomic E-state index is 0.496. The van der Waals surface area contributed by atoms with Crippen LogP contribution in [0.5, 0.6) is 0 Å². The van der Waals surface area contributed by atoms with Gasteiger partial charge >= 0.3 is 0 Å². The Morgan fingerprint density at radius 3 is 2.32 bits per heavy atom. The molecule has 0 saturated carbocycles. The Bertz CT molecular complexity index is 760. The molecule has 6 heteroatoms. The molecule has 1 aromatic carbocycles. The normalized spacial score (nSPS) is 11.1. The van der Waals surface area contributed by atoms with E-state index in [-0.39, 0.29) is 0 Å². The molecule has 3 aromatic rings. The minimum Gasteiger partial charge on any atom is -0.383 e. The van der Waals surface area contributed by atoms with Crippen LogP contribution in [0.4, 0.5) is 5.82 Å². The predicted octanol–water partition coefficient (Wildman–Crippen LogP) is 4.54. The molecule has 0 aliphatic heterocycles. The van der Waals surface area contributed by atoms with Crippen LogP contribution in [0.3, 0.4) is 0 Å². The molecule has 19 heavy (non-hydrogen) atoms. The summed E-state index contributed by atoms with van der Waals surface area (Å²) in [7, 11) is 0. The molecule has 2 N–H and O–H groups in total. The molecule has 3 nitrogen and oxygen atoms in total. The van der Waals surface area contributed by atoms with Crippen LogP contribution in [0.2, 0.25) is 15.1 Å². The van der Waals surface area contributed by atoms with E-state index in [1.165, 1.54) is 0 Å². The average molecular weight is 313 g/mol. The van der Waals surface area contributed by atoms with Gasteiger partial charge in [-0.15, -0.1) is 0 Å². The number of nitrogens with zero attached hydrogens (tertiary/aromatic N) is 2. The first-order valence-electron chi connectivity index (χ1n) is 5.44. The van der Waals surface area contributed by atoms with Gasteiger partial charge in [0.05, 0.1) is 5.02 Å². The summed E-state index contributed by atoms with van der Waals surface area (Å²) < 4.78 is 1.73. The van der Waals surface area contributed by atoms with Crippen LogP contribution in [-0.2, 0) is 0 Å². The standard InChI is InChI=1S/C13H8Cl3N3/c14-8-1-2-11-18-12(13(17)19(11)6-8)7-3-9(15)5-10(16)4-7/h1-6H,17H2. The van der Waals surface area contributed by atoms with Crippen LogP contribution >= 0.6 is 34.8 Å². The Morgan fingerprint density at radius 1 is 0.947 bits per heavy atom. The van der Waals surface area contributed by atoms with Gasteiger partial charge in [-0.2, -0.15) is 0 Å². The van der Waals surface area contributed by atoms with Crippen LogP contribution in [0.15, 0.2) is 36.5 Å². The maximum atomic E-state index is 6.10. The van der Waals surface area contributed by atoms with Crippen molar-refractivity contribution in [3.63, 3.8) is 0 Å². The van der Waals surface area contributed by atoms with Gasteiger partial charge in [-0.25, -0.2) is 4.98 Å². The van der Waals surface area contributed by atoms with E-state index < -0.39 is 0 Å². The topological polar surface area (TPSA) is 43.3 Å². The Morgan fingerprint density at radius 2 is 1.63 bits per heavy atom. The fraction of sp³-hybridized carbons (Fsp3) is 0. The van der Waals surface area contributed by atoms with E-state index >= 15 is 0 Å². The molecule has 0 unspecified atom stereocenters. The van der Waals surface area contributed by atoms with Gasteiger partial charge in [-0.3, -0.25) is 4.40 Å². The van der Waals surface area contributed by atoms with Gasteiger partial charge in [0.1, 0.15) is 17.2 Å². The monoisotopic (exact) mass is 311 g/mol. The second kappa shape index (κ2) is 4.60. The summed E-state index contributed by atoms with van der Waals surface area (Å²) in [4.78, 5) is 4.47. The van der Waals surface area contributed by atoms with Crippen molar-refractivity contribution in [1.29, 1.82) is 0 Å². The molecule has 0 spiro atoms. The third kappa shape index (κ3) is 2.25. The van der Waals surface area contributed by atoms with E-state index in [1.807, 2.05) is 0 Å². The van der Waals surface area contributed by atoms with Gasteiger partial charge < -0.3 is 5.73 Å². The molecule has 0 radical (unpaired) electrons. The second-order valence-corrected chi connectivity index (χ2v) is 5.39. The number of aromatic nitrogens is 2. The number of benzene rings is 1. The first kappa shape index (κ1) is 12.6. The largest absolute Gasteiger partial charge is 0.383 e. The zero-order chi connectivity index (χ0) is 13.6. The number of anilines is 1. The Labute approximate surface area is 124 Å². The fourth-order valence-corrected chi connectivity index (χ4v) is 2.63. The van der Waals surface area contributed by atoms with Crippen molar-refractivity contribution in [3.05, 3.63) is 51.6 Å². The molecule has 0 fully saturated rings. The Kier molecular flexibility index (Phi) is 3.05. The lowest BCUT2D eigenvalue weighted by Crippen LogP contribution is -1.93. The number of rotatable bonds is 1. The molecule has 0 atom stereocenters. The first-order chi connectivity index (χ1) is 9.04. The van der Waals surface area contributed by atoms with Crippen LogP contribution in [0.25, 0.3) is 16.9 Å². The zero-order valence-electron chi connectivity index (χ0n) is 9.57. The molecular weight excluding hydrogens is 305 g/mol. The second-order valence-electron chi connectivity index (χ2n) is 4.08. The summed E-state index contributed by atoms with van der Waals surface area (Å²) >= 11 is 17.9. The van der Waals surface area contributed by atoms with E-state index in [0.717, 1.165) is 5.56 Å². The predicted molar refractivity (Wildman–Crippen MR) is 80.1 cm³/mol. The SMILES string of the molecule is Nc1c(-c2cc(Cl)cc(Cl)c2)nc2ccc(Cl)cn12. The summed E-state index contributed by atoms with van der Waals surface area (Å²) in [5.74, 6) is 0.496. The van der Waals surface area contributed by atoms with Crippen LogP contribution < -0.4 is 5.73 Å². The molecule has 0 bridgehead atoms. The highest BCUT2D eigenvalue weighted by Crippen LogP contribution is 2.31. The maximum absolute atomic E-state index is 6.10. The van der Waals surface area contributed by atoms with Crippen molar-refractivity contribution in [3.8, 4) is 11.3 Å². The van der Waals surface area contributed by atoms with Gasteiger partial charge in [0.15, 0.2) is 0 Å². The number of hydrogen-bond donors (Lipinski definition) is 1. The third-order valence-electron chi connectivity index (χ3n) is 2.76. The highest BCUT2D eigenvalue weighted by atomic mass is 35.5. The molecule has 0 amide bonds. The number of halogens is 3. The van der Waals surface area contributed by atoms with E-state index in [1.54, 1.807) is 40.9 Å². The van der Waals surface area contributed by atoms with Gasteiger partial charge in [0, 0.05) is 21.8 Å². The summed E-state index contributed by atoms with van der Waals surface area (Å²) in [5, 5.41) is 1.67. The van der Waals surface area contributed by atoms with E-state index in [9.17, 15) is 0 Å². The minimum absolute atomic E-state index is 0.496. The van der Waals surface area contributed by atoms with Gasteiger partial charge in [0.2, 0.25) is 0 Å². The van der Waals surface area contributed by atoms with Crippen molar-refractivity contribution >= 4 is 46.3 Å². The van der Waals surface area contributed by atoms with E-state index in [4.69, 9.17) is 40.5 Å². The summed E-state index contributed by atoms with van der Waals surface area (Å²) in [5.41, 5.74) is 8.22.